The average Bonchev–Trinajstić information content (AvgIpc) is 2.38. The van der Waals surface area contributed by atoms with Crippen LogP contribution in [0, 0.1) is 20.8 Å². The van der Waals surface area contributed by atoms with E-state index >= 15 is 0 Å². The number of nitrogens with two attached hydrogens (primary N) is 1. The van der Waals surface area contributed by atoms with Crippen molar-refractivity contribution in [2.75, 3.05) is 5.73 Å². The first-order valence-corrected chi connectivity index (χ1v) is 6.57. The van der Waals surface area contributed by atoms with Crippen LogP contribution in [0.25, 0.3) is 0 Å². The van der Waals surface area contributed by atoms with Crippen LogP contribution in [0.15, 0.2) is 36.4 Å². The minimum atomic E-state index is -0.329. The van der Waals surface area contributed by atoms with Crippen LogP contribution in [0.2, 0.25) is 0 Å². The fraction of sp³-hybridized carbons (Fsp3) is 0.235. The molecule has 0 aliphatic carbocycles. The van der Waals surface area contributed by atoms with Crippen molar-refractivity contribution >= 4 is 11.7 Å². The number of aryl methyl sites for hydroxylation is 3. The Morgan fingerprint density at radius 3 is 2.15 bits per heavy atom. The number of carbonyl (C=O) groups excluding carboxylic acids is 1. The lowest BCUT2D eigenvalue weighted by molar-refractivity contribution is 0.0471. The molecule has 2 N–H and O–H groups in total. The molecule has 0 bridgehead atoms. The molecule has 20 heavy (non-hydrogen) atoms. The monoisotopic (exact) mass is 269 g/mol. The van der Waals surface area contributed by atoms with Crippen molar-refractivity contribution in [2.24, 2.45) is 0 Å². The lowest BCUT2D eigenvalue weighted by atomic mass is 10.0. The average molecular weight is 269 g/mol. The molecule has 0 saturated heterocycles. The molecule has 0 amide bonds. The molecule has 3 heteroatoms. The van der Waals surface area contributed by atoms with Gasteiger partial charge in [0.1, 0.15) is 6.61 Å². The van der Waals surface area contributed by atoms with Crippen molar-refractivity contribution < 1.29 is 9.53 Å². The van der Waals surface area contributed by atoms with Gasteiger partial charge in [0.25, 0.3) is 0 Å². The highest BCUT2D eigenvalue weighted by Crippen LogP contribution is 2.18. The second-order valence-corrected chi connectivity index (χ2v) is 5.08. The van der Waals surface area contributed by atoms with Crippen LogP contribution in [-0.4, -0.2) is 5.97 Å². The lowest BCUT2D eigenvalue weighted by Crippen LogP contribution is -2.07. The van der Waals surface area contributed by atoms with Gasteiger partial charge in [-0.2, -0.15) is 0 Å². The zero-order valence-electron chi connectivity index (χ0n) is 12.1. The topological polar surface area (TPSA) is 52.3 Å². The molecule has 0 aliphatic rings. The van der Waals surface area contributed by atoms with E-state index in [0.29, 0.717) is 17.9 Å². The molecule has 2 aromatic carbocycles. The van der Waals surface area contributed by atoms with E-state index in [4.69, 9.17) is 10.5 Å². The first-order valence-electron chi connectivity index (χ1n) is 6.57. The van der Waals surface area contributed by atoms with Gasteiger partial charge in [-0.15, -0.1) is 0 Å². The normalized spacial score (nSPS) is 10.3. The van der Waals surface area contributed by atoms with Crippen LogP contribution < -0.4 is 5.73 Å². The molecule has 0 radical (unpaired) electrons. The third kappa shape index (κ3) is 3.18. The summed E-state index contributed by atoms with van der Waals surface area (Å²) >= 11 is 0. The van der Waals surface area contributed by atoms with Gasteiger partial charge in [0, 0.05) is 5.69 Å². The maximum atomic E-state index is 12.0. The number of anilines is 1. The Hall–Kier alpha value is -2.29. The van der Waals surface area contributed by atoms with Crippen LogP contribution >= 0.6 is 0 Å². The number of rotatable bonds is 3. The maximum Gasteiger partial charge on any atom is 0.338 e. The van der Waals surface area contributed by atoms with E-state index in [1.54, 1.807) is 24.3 Å². The van der Waals surface area contributed by atoms with Crippen LogP contribution in [0.3, 0.4) is 0 Å². The fourth-order valence-electron chi connectivity index (χ4n) is 2.28. The number of nitrogen functional groups attached to an aromatic ring is 1. The Balaban J connectivity index is 2.09. The summed E-state index contributed by atoms with van der Waals surface area (Å²) in [6.45, 7) is 6.42. The second kappa shape index (κ2) is 5.78. The first kappa shape index (κ1) is 14.1. The largest absolute Gasteiger partial charge is 0.457 e. The van der Waals surface area contributed by atoms with Gasteiger partial charge >= 0.3 is 5.97 Å². The molecule has 0 heterocycles. The van der Waals surface area contributed by atoms with Crippen molar-refractivity contribution in [1.82, 2.24) is 0 Å². The maximum absolute atomic E-state index is 12.0. The van der Waals surface area contributed by atoms with Gasteiger partial charge in [-0.05, 0) is 61.7 Å². The predicted octanol–water partition coefficient (Wildman–Crippen LogP) is 3.55. The minimum Gasteiger partial charge on any atom is -0.457 e. The quantitative estimate of drug-likeness (QED) is 0.684. The molecular formula is C17H19NO2. The smallest absolute Gasteiger partial charge is 0.338 e. The summed E-state index contributed by atoms with van der Waals surface area (Å²) in [5.41, 5.74) is 11.3. The Morgan fingerprint density at radius 2 is 1.60 bits per heavy atom. The number of ether oxygens (including phenoxy) is 1. The summed E-state index contributed by atoms with van der Waals surface area (Å²) in [5, 5.41) is 0. The van der Waals surface area contributed by atoms with Gasteiger partial charge in [-0.1, -0.05) is 17.7 Å². The van der Waals surface area contributed by atoms with E-state index in [2.05, 4.69) is 19.1 Å². The third-order valence-electron chi connectivity index (χ3n) is 3.33. The molecule has 104 valence electrons. The van der Waals surface area contributed by atoms with Crippen molar-refractivity contribution in [3.63, 3.8) is 0 Å². The van der Waals surface area contributed by atoms with E-state index in [0.717, 1.165) is 16.7 Å². The van der Waals surface area contributed by atoms with Crippen molar-refractivity contribution in [1.29, 1.82) is 0 Å². The number of esters is 1. The van der Waals surface area contributed by atoms with E-state index in [1.165, 1.54) is 5.56 Å². The first-order chi connectivity index (χ1) is 9.47. The van der Waals surface area contributed by atoms with Crippen LogP contribution in [0.5, 0.6) is 0 Å². The molecule has 0 saturated carbocycles. The molecule has 0 spiro atoms. The summed E-state index contributed by atoms with van der Waals surface area (Å²) < 4.78 is 5.38. The lowest BCUT2D eigenvalue weighted by Gasteiger charge is -2.12. The Kier molecular flexibility index (Phi) is 4.08. The Labute approximate surface area is 119 Å². The van der Waals surface area contributed by atoms with Crippen molar-refractivity contribution in [2.45, 2.75) is 27.4 Å². The zero-order chi connectivity index (χ0) is 14.7. The van der Waals surface area contributed by atoms with E-state index < -0.39 is 0 Å². The molecule has 0 aromatic heterocycles. The molecule has 2 rings (SSSR count). The Morgan fingerprint density at radius 1 is 1.05 bits per heavy atom. The number of carbonyl (C=O) groups is 1. The second-order valence-electron chi connectivity index (χ2n) is 5.08. The van der Waals surface area contributed by atoms with Crippen LogP contribution in [-0.2, 0) is 11.3 Å². The van der Waals surface area contributed by atoms with Gasteiger partial charge < -0.3 is 10.5 Å². The summed E-state index contributed by atoms with van der Waals surface area (Å²) in [4.78, 5) is 12.0. The Bertz CT molecular complexity index is 607. The molecule has 3 nitrogen and oxygen atoms in total. The zero-order valence-corrected chi connectivity index (χ0v) is 12.1. The molecule has 2 aromatic rings. The van der Waals surface area contributed by atoms with Crippen molar-refractivity contribution in [3.05, 3.63) is 64.2 Å². The van der Waals surface area contributed by atoms with Crippen molar-refractivity contribution in [3.8, 4) is 0 Å². The van der Waals surface area contributed by atoms with Gasteiger partial charge in [0.05, 0.1) is 5.56 Å². The van der Waals surface area contributed by atoms with Crippen LogP contribution in [0.4, 0.5) is 5.69 Å². The molecule has 0 unspecified atom stereocenters. The predicted molar refractivity (Wildman–Crippen MR) is 80.6 cm³/mol. The number of hydrogen-bond donors (Lipinski definition) is 1. The fourth-order valence-corrected chi connectivity index (χ4v) is 2.28. The minimum absolute atomic E-state index is 0.293. The van der Waals surface area contributed by atoms with Gasteiger partial charge in [0.15, 0.2) is 0 Å². The van der Waals surface area contributed by atoms with Gasteiger partial charge in [0.2, 0.25) is 0 Å². The highest BCUT2D eigenvalue weighted by molar-refractivity contribution is 5.89. The summed E-state index contributed by atoms with van der Waals surface area (Å²) in [5.74, 6) is -0.329. The summed E-state index contributed by atoms with van der Waals surface area (Å²) in [6, 6.07) is 10.9. The van der Waals surface area contributed by atoms with Gasteiger partial charge in [-0.3, -0.25) is 0 Å². The molecule has 0 atom stereocenters. The highest BCUT2D eigenvalue weighted by Gasteiger charge is 2.10. The van der Waals surface area contributed by atoms with Gasteiger partial charge in [-0.25, -0.2) is 4.79 Å². The summed E-state index contributed by atoms with van der Waals surface area (Å²) in [6.07, 6.45) is 0. The molecular weight excluding hydrogens is 250 g/mol. The molecule has 0 fully saturated rings. The van der Waals surface area contributed by atoms with E-state index in [1.807, 2.05) is 13.8 Å². The number of hydrogen-bond acceptors (Lipinski definition) is 3. The third-order valence-corrected chi connectivity index (χ3v) is 3.33. The van der Waals surface area contributed by atoms with E-state index in [-0.39, 0.29) is 5.97 Å². The highest BCUT2D eigenvalue weighted by atomic mass is 16.5. The SMILES string of the molecule is Cc1cc(C)c(COC(=O)c2ccc(N)cc2)c(C)c1. The summed E-state index contributed by atoms with van der Waals surface area (Å²) in [7, 11) is 0. The standard InChI is InChI=1S/C17H19NO2/c1-11-8-12(2)16(13(3)9-11)10-20-17(19)14-4-6-15(18)7-5-14/h4-9H,10,18H2,1-3H3. The number of benzene rings is 2. The van der Waals surface area contributed by atoms with Crippen LogP contribution in [0.1, 0.15) is 32.6 Å². The van der Waals surface area contributed by atoms with E-state index in [9.17, 15) is 4.79 Å². The molecule has 0 aliphatic heterocycles.